The molecule has 0 radical (unpaired) electrons. The first-order chi connectivity index (χ1) is 9.15. The Morgan fingerprint density at radius 3 is 2.84 bits per heavy atom. The van der Waals surface area contributed by atoms with Gasteiger partial charge in [0.05, 0.1) is 12.8 Å². The molecule has 0 spiro atoms. The number of anilines is 1. The molecule has 0 atom stereocenters. The summed E-state index contributed by atoms with van der Waals surface area (Å²) in [5.41, 5.74) is 0.386. The lowest BCUT2D eigenvalue weighted by atomic mass is 10.3. The van der Waals surface area contributed by atoms with Crippen LogP contribution in [0.25, 0.3) is 0 Å². The highest BCUT2D eigenvalue weighted by Crippen LogP contribution is 2.07. The van der Waals surface area contributed by atoms with Crippen LogP contribution in [0.4, 0.5) is 5.82 Å². The smallest absolute Gasteiger partial charge is 0.270 e. The highest BCUT2D eigenvalue weighted by molar-refractivity contribution is 5.92. The van der Waals surface area contributed by atoms with Gasteiger partial charge in [0.25, 0.3) is 5.91 Å². The SMILES string of the molecule is CC(C)Nc1cccc(C(=O)NCc2ccco2)n1. The molecule has 2 rings (SSSR count). The zero-order valence-corrected chi connectivity index (χ0v) is 11.0. The molecule has 100 valence electrons. The van der Waals surface area contributed by atoms with E-state index in [1.54, 1.807) is 24.5 Å². The number of nitrogens with one attached hydrogen (secondary N) is 2. The molecule has 5 nitrogen and oxygen atoms in total. The summed E-state index contributed by atoms with van der Waals surface area (Å²) >= 11 is 0. The Morgan fingerprint density at radius 2 is 2.16 bits per heavy atom. The summed E-state index contributed by atoms with van der Waals surface area (Å²) in [6.45, 7) is 4.39. The number of rotatable bonds is 5. The molecule has 2 N–H and O–H groups in total. The van der Waals surface area contributed by atoms with Crippen LogP contribution < -0.4 is 10.6 Å². The third kappa shape index (κ3) is 3.84. The van der Waals surface area contributed by atoms with Crippen molar-refractivity contribution in [2.24, 2.45) is 0 Å². The summed E-state index contributed by atoms with van der Waals surface area (Å²) < 4.78 is 5.15. The van der Waals surface area contributed by atoms with Gasteiger partial charge in [-0.2, -0.15) is 0 Å². The minimum absolute atomic E-state index is 0.219. The lowest BCUT2D eigenvalue weighted by Crippen LogP contribution is -2.24. The second kappa shape index (κ2) is 6.04. The molecule has 0 unspecified atom stereocenters. The fraction of sp³-hybridized carbons (Fsp3) is 0.286. The average molecular weight is 259 g/mol. The lowest BCUT2D eigenvalue weighted by Gasteiger charge is -2.10. The standard InChI is InChI=1S/C14H17N3O2/c1-10(2)16-13-7-3-6-12(17-13)14(18)15-9-11-5-4-8-19-11/h3-8,10H,9H2,1-2H3,(H,15,18)(H,16,17). The molecule has 0 fully saturated rings. The van der Waals surface area contributed by atoms with Crippen molar-refractivity contribution in [1.82, 2.24) is 10.3 Å². The number of hydrogen-bond donors (Lipinski definition) is 2. The molecule has 0 aliphatic carbocycles. The summed E-state index contributed by atoms with van der Waals surface area (Å²) in [5, 5.41) is 5.92. The largest absolute Gasteiger partial charge is 0.467 e. The van der Waals surface area contributed by atoms with E-state index in [2.05, 4.69) is 15.6 Å². The Balaban J connectivity index is 1.98. The van der Waals surface area contributed by atoms with Gasteiger partial charge in [0.15, 0.2) is 0 Å². The van der Waals surface area contributed by atoms with Crippen LogP contribution in [0.3, 0.4) is 0 Å². The Kier molecular flexibility index (Phi) is 4.18. The molecule has 1 amide bonds. The Morgan fingerprint density at radius 1 is 1.32 bits per heavy atom. The molecule has 2 aromatic heterocycles. The molecule has 0 saturated heterocycles. The van der Waals surface area contributed by atoms with E-state index >= 15 is 0 Å². The zero-order valence-electron chi connectivity index (χ0n) is 11.0. The maximum absolute atomic E-state index is 11.9. The second-order valence-electron chi connectivity index (χ2n) is 4.47. The monoisotopic (exact) mass is 259 g/mol. The predicted octanol–water partition coefficient (Wildman–Crippen LogP) is 2.42. The van der Waals surface area contributed by atoms with Crippen LogP contribution in [0.15, 0.2) is 41.0 Å². The van der Waals surface area contributed by atoms with E-state index < -0.39 is 0 Å². The van der Waals surface area contributed by atoms with Crippen molar-refractivity contribution in [2.75, 3.05) is 5.32 Å². The maximum Gasteiger partial charge on any atom is 0.270 e. The number of carbonyl (C=O) groups is 1. The van der Waals surface area contributed by atoms with Crippen molar-refractivity contribution in [3.63, 3.8) is 0 Å². The minimum atomic E-state index is -0.219. The normalized spacial score (nSPS) is 10.5. The highest BCUT2D eigenvalue weighted by atomic mass is 16.3. The quantitative estimate of drug-likeness (QED) is 0.865. The van der Waals surface area contributed by atoms with Gasteiger partial charge in [-0.15, -0.1) is 0 Å². The van der Waals surface area contributed by atoms with Gasteiger partial charge in [-0.05, 0) is 38.1 Å². The van der Waals surface area contributed by atoms with Crippen LogP contribution in [-0.2, 0) is 6.54 Å². The molecule has 19 heavy (non-hydrogen) atoms. The van der Waals surface area contributed by atoms with E-state index in [4.69, 9.17) is 4.42 Å². The topological polar surface area (TPSA) is 67.2 Å². The van der Waals surface area contributed by atoms with Gasteiger partial charge in [-0.1, -0.05) is 6.07 Å². The molecule has 0 bridgehead atoms. The summed E-state index contributed by atoms with van der Waals surface area (Å²) in [6, 6.07) is 9.19. The molecule has 2 aromatic rings. The first kappa shape index (κ1) is 13.1. The zero-order chi connectivity index (χ0) is 13.7. The van der Waals surface area contributed by atoms with Crippen LogP contribution in [0.2, 0.25) is 0 Å². The maximum atomic E-state index is 11.9. The van der Waals surface area contributed by atoms with Crippen molar-refractivity contribution in [2.45, 2.75) is 26.4 Å². The first-order valence-corrected chi connectivity index (χ1v) is 6.19. The van der Waals surface area contributed by atoms with E-state index in [1.807, 2.05) is 26.0 Å². The molecule has 0 saturated carbocycles. The summed E-state index contributed by atoms with van der Waals surface area (Å²) in [7, 11) is 0. The Labute approximate surface area is 112 Å². The molecule has 5 heteroatoms. The van der Waals surface area contributed by atoms with Gasteiger partial charge >= 0.3 is 0 Å². The van der Waals surface area contributed by atoms with Gasteiger partial charge in [-0.3, -0.25) is 4.79 Å². The van der Waals surface area contributed by atoms with Crippen molar-refractivity contribution in [3.05, 3.63) is 48.0 Å². The second-order valence-corrected chi connectivity index (χ2v) is 4.47. The number of furan rings is 1. The van der Waals surface area contributed by atoms with Gasteiger partial charge in [0.1, 0.15) is 17.3 Å². The van der Waals surface area contributed by atoms with Crippen molar-refractivity contribution >= 4 is 11.7 Å². The number of hydrogen-bond acceptors (Lipinski definition) is 4. The molecular formula is C14H17N3O2. The summed E-state index contributed by atoms with van der Waals surface area (Å²) in [5.74, 6) is 1.19. The number of pyridine rings is 1. The van der Waals surface area contributed by atoms with Gasteiger partial charge in [0, 0.05) is 6.04 Å². The predicted molar refractivity (Wildman–Crippen MR) is 72.9 cm³/mol. The number of aromatic nitrogens is 1. The third-order valence-electron chi connectivity index (χ3n) is 2.42. The van der Waals surface area contributed by atoms with Gasteiger partial charge in [0.2, 0.25) is 0 Å². The lowest BCUT2D eigenvalue weighted by molar-refractivity contribution is 0.0943. The first-order valence-electron chi connectivity index (χ1n) is 6.19. The number of amides is 1. The van der Waals surface area contributed by atoms with Gasteiger partial charge < -0.3 is 15.1 Å². The fourth-order valence-electron chi connectivity index (χ4n) is 1.61. The number of carbonyl (C=O) groups excluding carboxylic acids is 1. The van der Waals surface area contributed by atoms with Crippen LogP contribution in [0.5, 0.6) is 0 Å². The average Bonchev–Trinajstić information content (AvgIpc) is 2.88. The molecule has 0 aliphatic heterocycles. The third-order valence-corrected chi connectivity index (χ3v) is 2.42. The van der Waals surface area contributed by atoms with Crippen LogP contribution in [0, 0.1) is 0 Å². The van der Waals surface area contributed by atoms with E-state index in [0.717, 1.165) is 0 Å². The highest BCUT2D eigenvalue weighted by Gasteiger charge is 2.08. The van der Waals surface area contributed by atoms with Crippen LogP contribution >= 0.6 is 0 Å². The molecule has 2 heterocycles. The van der Waals surface area contributed by atoms with Crippen LogP contribution in [0.1, 0.15) is 30.1 Å². The number of nitrogens with zero attached hydrogens (tertiary/aromatic N) is 1. The van der Waals surface area contributed by atoms with E-state index in [9.17, 15) is 4.79 Å². The van der Waals surface area contributed by atoms with Gasteiger partial charge in [-0.25, -0.2) is 4.98 Å². The Bertz CT molecular complexity index is 535. The van der Waals surface area contributed by atoms with E-state index in [-0.39, 0.29) is 11.9 Å². The van der Waals surface area contributed by atoms with Crippen molar-refractivity contribution in [1.29, 1.82) is 0 Å². The summed E-state index contributed by atoms with van der Waals surface area (Å²) in [6.07, 6.45) is 1.58. The van der Waals surface area contributed by atoms with E-state index in [0.29, 0.717) is 23.8 Å². The Hall–Kier alpha value is -2.30. The molecular weight excluding hydrogens is 242 g/mol. The molecule has 0 aliphatic rings. The summed E-state index contributed by atoms with van der Waals surface area (Å²) in [4.78, 5) is 16.2. The fourth-order valence-corrected chi connectivity index (χ4v) is 1.61. The molecule has 0 aromatic carbocycles. The van der Waals surface area contributed by atoms with Crippen LogP contribution in [-0.4, -0.2) is 16.9 Å². The van der Waals surface area contributed by atoms with E-state index in [1.165, 1.54) is 0 Å². The van der Waals surface area contributed by atoms with Crippen molar-refractivity contribution < 1.29 is 9.21 Å². The minimum Gasteiger partial charge on any atom is -0.467 e. The van der Waals surface area contributed by atoms with Crippen molar-refractivity contribution in [3.8, 4) is 0 Å².